The van der Waals surface area contributed by atoms with E-state index in [0.717, 1.165) is 16.9 Å². The molecule has 0 saturated carbocycles. The lowest BCUT2D eigenvalue weighted by Gasteiger charge is -2.07. The number of halogens is 1. The van der Waals surface area contributed by atoms with Gasteiger partial charge >= 0.3 is 0 Å². The summed E-state index contributed by atoms with van der Waals surface area (Å²) >= 11 is 5.93. The van der Waals surface area contributed by atoms with Crippen LogP contribution >= 0.6 is 11.6 Å². The summed E-state index contributed by atoms with van der Waals surface area (Å²) in [6, 6.07) is 6.16. The number of rotatable bonds is 5. The third-order valence-corrected chi connectivity index (χ3v) is 4.49. The number of fused-ring (bicyclic) bond motifs is 1. The smallest absolute Gasteiger partial charge is 0.124 e. The van der Waals surface area contributed by atoms with E-state index in [-0.39, 0.29) is 0 Å². The molecule has 0 N–H and O–H groups in total. The van der Waals surface area contributed by atoms with E-state index in [1.54, 1.807) is 0 Å². The van der Waals surface area contributed by atoms with Crippen molar-refractivity contribution in [1.82, 2.24) is 9.55 Å². The van der Waals surface area contributed by atoms with Gasteiger partial charge in [0.1, 0.15) is 5.82 Å². The third kappa shape index (κ3) is 2.75. The summed E-state index contributed by atoms with van der Waals surface area (Å²) in [5.41, 5.74) is 3.23. The van der Waals surface area contributed by atoms with Crippen molar-refractivity contribution >= 4 is 33.4 Å². The molecule has 5 heteroatoms. The van der Waals surface area contributed by atoms with Crippen LogP contribution in [-0.4, -0.2) is 25.3 Å². The number of alkyl halides is 1. The zero-order valence-corrected chi connectivity index (χ0v) is 12.2. The van der Waals surface area contributed by atoms with Gasteiger partial charge in [0.25, 0.3) is 0 Å². The first-order valence-electron chi connectivity index (χ1n) is 6.02. The average molecular weight is 285 g/mol. The number of hydrogen-bond acceptors (Lipinski definition) is 2. The molecular formula is C13H17ClN2OS. The third-order valence-electron chi connectivity index (χ3n) is 2.97. The van der Waals surface area contributed by atoms with Gasteiger partial charge in [-0.05, 0) is 24.6 Å². The summed E-state index contributed by atoms with van der Waals surface area (Å²) in [5, 5.41) is 0. The predicted octanol–water partition coefficient (Wildman–Crippen LogP) is 2.85. The van der Waals surface area contributed by atoms with Crippen LogP contribution in [0.5, 0.6) is 0 Å². The maximum atomic E-state index is 11.6. The Morgan fingerprint density at radius 3 is 2.89 bits per heavy atom. The van der Waals surface area contributed by atoms with Gasteiger partial charge < -0.3 is 4.57 Å². The molecule has 0 saturated heterocycles. The van der Waals surface area contributed by atoms with Crippen molar-refractivity contribution in [3.8, 4) is 0 Å². The predicted molar refractivity (Wildman–Crippen MR) is 77.6 cm³/mol. The van der Waals surface area contributed by atoms with E-state index in [1.165, 1.54) is 5.56 Å². The Labute approximate surface area is 115 Å². The van der Waals surface area contributed by atoms with Gasteiger partial charge in [-0.1, -0.05) is 13.0 Å². The first-order valence-corrected chi connectivity index (χ1v) is 8.04. The standard InChI is InChI=1S/C13H17ClN2OS/c1-3-18(17)7-6-16-12-8-10(2)4-5-11(12)15-13(16)9-14/h4-5,8H,3,6-7,9H2,1-2H3. The first-order chi connectivity index (χ1) is 8.65. The van der Waals surface area contributed by atoms with E-state index in [4.69, 9.17) is 11.6 Å². The van der Waals surface area contributed by atoms with Crippen molar-refractivity contribution in [3.63, 3.8) is 0 Å². The number of hydrogen-bond donors (Lipinski definition) is 0. The fourth-order valence-corrected chi connectivity index (χ4v) is 2.85. The number of imidazole rings is 1. The van der Waals surface area contributed by atoms with Crippen molar-refractivity contribution in [1.29, 1.82) is 0 Å². The molecule has 1 aromatic heterocycles. The summed E-state index contributed by atoms with van der Waals surface area (Å²) in [7, 11) is -0.762. The molecule has 2 rings (SSSR count). The van der Waals surface area contributed by atoms with Gasteiger partial charge in [-0.25, -0.2) is 4.98 Å². The highest BCUT2D eigenvalue weighted by Crippen LogP contribution is 2.19. The van der Waals surface area contributed by atoms with E-state index in [2.05, 4.69) is 22.5 Å². The zero-order chi connectivity index (χ0) is 13.1. The Bertz CT molecular complexity index is 580. The Morgan fingerprint density at radius 2 is 2.22 bits per heavy atom. The molecule has 0 amide bonds. The molecule has 1 heterocycles. The van der Waals surface area contributed by atoms with Gasteiger partial charge in [-0.3, -0.25) is 4.21 Å². The molecule has 18 heavy (non-hydrogen) atoms. The van der Waals surface area contributed by atoms with Crippen LogP contribution in [0, 0.1) is 6.92 Å². The van der Waals surface area contributed by atoms with E-state index < -0.39 is 10.8 Å². The van der Waals surface area contributed by atoms with E-state index >= 15 is 0 Å². The molecule has 1 aromatic carbocycles. The van der Waals surface area contributed by atoms with Gasteiger partial charge in [0.05, 0.1) is 16.9 Å². The van der Waals surface area contributed by atoms with Crippen molar-refractivity contribution in [2.45, 2.75) is 26.3 Å². The molecule has 0 fully saturated rings. The van der Waals surface area contributed by atoms with Gasteiger partial charge in [0.2, 0.25) is 0 Å². The van der Waals surface area contributed by atoms with E-state index in [0.29, 0.717) is 23.9 Å². The Hall–Kier alpha value is -0.870. The largest absolute Gasteiger partial charge is 0.326 e. The lowest BCUT2D eigenvalue weighted by molar-refractivity contribution is 0.673. The second-order valence-electron chi connectivity index (χ2n) is 4.24. The number of nitrogens with zero attached hydrogens (tertiary/aromatic N) is 2. The number of aromatic nitrogens is 2. The molecule has 0 aliphatic carbocycles. The van der Waals surface area contributed by atoms with Gasteiger partial charge in [-0.2, -0.15) is 0 Å². The first kappa shape index (κ1) is 13.6. The zero-order valence-electron chi connectivity index (χ0n) is 10.6. The topological polar surface area (TPSA) is 34.9 Å². The molecule has 0 bridgehead atoms. The highest BCUT2D eigenvalue weighted by molar-refractivity contribution is 7.84. The van der Waals surface area contributed by atoms with Crippen molar-refractivity contribution < 1.29 is 4.21 Å². The molecule has 1 unspecified atom stereocenters. The van der Waals surface area contributed by atoms with Crippen LogP contribution in [0.25, 0.3) is 11.0 Å². The average Bonchev–Trinajstić information content (AvgIpc) is 2.73. The highest BCUT2D eigenvalue weighted by atomic mass is 35.5. The summed E-state index contributed by atoms with van der Waals surface area (Å²) in [4.78, 5) is 4.51. The van der Waals surface area contributed by atoms with Crippen LogP contribution in [0.2, 0.25) is 0 Å². The summed E-state index contributed by atoms with van der Waals surface area (Å²) < 4.78 is 13.6. The molecule has 3 nitrogen and oxygen atoms in total. The Balaban J connectivity index is 2.39. The summed E-state index contributed by atoms with van der Waals surface area (Å²) in [6.07, 6.45) is 0. The molecule has 0 aliphatic heterocycles. The van der Waals surface area contributed by atoms with Crippen LogP contribution in [0.15, 0.2) is 18.2 Å². The van der Waals surface area contributed by atoms with Crippen LogP contribution in [-0.2, 0) is 23.2 Å². The molecule has 1 atom stereocenters. The quantitative estimate of drug-likeness (QED) is 0.792. The highest BCUT2D eigenvalue weighted by Gasteiger charge is 2.10. The van der Waals surface area contributed by atoms with Crippen LogP contribution in [0.4, 0.5) is 0 Å². The Morgan fingerprint density at radius 1 is 1.44 bits per heavy atom. The van der Waals surface area contributed by atoms with E-state index in [9.17, 15) is 4.21 Å². The van der Waals surface area contributed by atoms with Crippen LogP contribution < -0.4 is 0 Å². The Kier molecular flexibility index (Phi) is 4.40. The summed E-state index contributed by atoms with van der Waals surface area (Å²) in [5.74, 6) is 2.58. The number of benzene rings is 1. The lowest BCUT2D eigenvalue weighted by Crippen LogP contribution is -2.11. The second-order valence-corrected chi connectivity index (χ2v) is 6.37. The normalized spacial score (nSPS) is 13.1. The lowest BCUT2D eigenvalue weighted by atomic mass is 10.2. The molecule has 2 aromatic rings. The van der Waals surface area contributed by atoms with E-state index in [1.807, 2.05) is 19.1 Å². The fourth-order valence-electron chi connectivity index (χ4n) is 1.97. The SMILES string of the molecule is CCS(=O)CCn1c(CCl)nc2ccc(C)cc21. The van der Waals surface area contributed by atoms with Gasteiger partial charge in [0, 0.05) is 28.9 Å². The van der Waals surface area contributed by atoms with Gasteiger partial charge in [-0.15, -0.1) is 11.6 Å². The molecular weight excluding hydrogens is 268 g/mol. The molecule has 98 valence electrons. The maximum Gasteiger partial charge on any atom is 0.124 e. The number of aryl methyl sites for hydroxylation is 2. The molecule has 0 spiro atoms. The minimum Gasteiger partial charge on any atom is -0.326 e. The maximum absolute atomic E-state index is 11.6. The van der Waals surface area contributed by atoms with Crippen molar-refractivity contribution in [2.24, 2.45) is 0 Å². The van der Waals surface area contributed by atoms with Crippen LogP contribution in [0.1, 0.15) is 18.3 Å². The monoisotopic (exact) mass is 284 g/mol. The minimum absolute atomic E-state index is 0.381. The minimum atomic E-state index is -0.762. The molecule has 0 aliphatic rings. The van der Waals surface area contributed by atoms with Crippen molar-refractivity contribution in [2.75, 3.05) is 11.5 Å². The van der Waals surface area contributed by atoms with Crippen molar-refractivity contribution in [3.05, 3.63) is 29.6 Å². The molecule has 0 radical (unpaired) electrons. The van der Waals surface area contributed by atoms with Crippen LogP contribution in [0.3, 0.4) is 0 Å². The fraction of sp³-hybridized carbons (Fsp3) is 0.462. The summed E-state index contributed by atoms with van der Waals surface area (Å²) in [6.45, 7) is 4.71. The second kappa shape index (κ2) is 5.85. The van der Waals surface area contributed by atoms with Gasteiger partial charge in [0.15, 0.2) is 0 Å².